The number of nitrogens with zero attached hydrogens (tertiary/aromatic N) is 1. The summed E-state index contributed by atoms with van der Waals surface area (Å²) in [4.78, 5) is 25.3. The number of carboxylic acids is 1. The average molecular weight is 239 g/mol. The molecule has 1 N–H and O–H groups in total. The fourth-order valence-electron chi connectivity index (χ4n) is 2.67. The van der Waals surface area contributed by atoms with Crippen LogP contribution >= 0.6 is 0 Å². The molecule has 4 heteroatoms. The van der Waals surface area contributed by atoms with E-state index in [1.54, 1.807) is 4.90 Å². The van der Waals surface area contributed by atoms with Crippen molar-refractivity contribution in [2.75, 3.05) is 13.1 Å². The van der Waals surface area contributed by atoms with Gasteiger partial charge in [-0.15, -0.1) is 0 Å². The lowest BCUT2D eigenvalue weighted by molar-refractivity contribution is -0.168. The highest BCUT2D eigenvalue weighted by Gasteiger charge is 2.53. The number of aliphatic carboxylic acids is 1. The van der Waals surface area contributed by atoms with E-state index in [0.717, 1.165) is 19.3 Å². The summed E-state index contributed by atoms with van der Waals surface area (Å²) >= 11 is 0. The van der Waals surface area contributed by atoms with Gasteiger partial charge in [0.15, 0.2) is 0 Å². The van der Waals surface area contributed by atoms with Gasteiger partial charge in [-0.2, -0.15) is 0 Å². The first-order valence-corrected chi connectivity index (χ1v) is 6.40. The van der Waals surface area contributed by atoms with Crippen molar-refractivity contribution in [2.45, 2.75) is 46.0 Å². The Bertz CT molecular complexity index is 335. The minimum absolute atomic E-state index is 0.147. The molecule has 0 aromatic rings. The molecule has 0 bridgehead atoms. The molecular weight excluding hydrogens is 218 g/mol. The first-order chi connectivity index (χ1) is 7.87. The number of carbonyl (C=O) groups is 2. The van der Waals surface area contributed by atoms with Gasteiger partial charge in [0.05, 0.1) is 0 Å². The van der Waals surface area contributed by atoms with Crippen LogP contribution in [0.3, 0.4) is 0 Å². The van der Waals surface area contributed by atoms with Crippen molar-refractivity contribution < 1.29 is 14.7 Å². The van der Waals surface area contributed by atoms with Gasteiger partial charge in [0.2, 0.25) is 5.91 Å². The standard InChI is InChI=1S/C13H21NO3/c1-12(2)6-8-14(9-7-12)10(15)13(11(16)17)4-3-5-13/h3-9H2,1-2H3,(H,16,17). The molecule has 0 unspecified atom stereocenters. The number of rotatable bonds is 2. The van der Waals surface area contributed by atoms with Gasteiger partial charge in [-0.25, -0.2) is 0 Å². The highest BCUT2D eigenvalue weighted by Crippen LogP contribution is 2.44. The third-order valence-corrected chi connectivity index (χ3v) is 4.43. The van der Waals surface area contributed by atoms with Crippen molar-refractivity contribution in [2.24, 2.45) is 10.8 Å². The molecule has 1 saturated carbocycles. The lowest BCUT2D eigenvalue weighted by Crippen LogP contribution is -2.54. The second-order valence-electron chi connectivity index (χ2n) is 6.20. The SMILES string of the molecule is CC1(C)CCN(C(=O)C2(C(=O)O)CCC2)CC1. The Morgan fingerprint density at radius 1 is 1.06 bits per heavy atom. The van der Waals surface area contributed by atoms with E-state index in [0.29, 0.717) is 25.9 Å². The Balaban J connectivity index is 2.04. The maximum absolute atomic E-state index is 12.3. The van der Waals surface area contributed by atoms with E-state index in [9.17, 15) is 14.7 Å². The second-order valence-corrected chi connectivity index (χ2v) is 6.20. The van der Waals surface area contributed by atoms with E-state index >= 15 is 0 Å². The molecule has 0 atom stereocenters. The average Bonchev–Trinajstić information content (AvgIpc) is 2.14. The largest absolute Gasteiger partial charge is 0.480 e. The molecule has 0 aromatic carbocycles. The minimum atomic E-state index is -1.08. The number of likely N-dealkylation sites (tertiary alicyclic amines) is 1. The van der Waals surface area contributed by atoms with Crippen LogP contribution in [0.2, 0.25) is 0 Å². The molecule has 0 radical (unpaired) electrons. The van der Waals surface area contributed by atoms with E-state index in [1.165, 1.54) is 0 Å². The van der Waals surface area contributed by atoms with Crippen molar-refractivity contribution in [1.82, 2.24) is 4.90 Å². The summed E-state index contributed by atoms with van der Waals surface area (Å²) in [6, 6.07) is 0. The minimum Gasteiger partial charge on any atom is -0.480 e. The summed E-state index contributed by atoms with van der Waals surface area (Å²) in [6.45, 7) is 5.82. The maximum atomic E-state index is 12.3. The molecule has 2 rings (SSSR count). The van der Waals surface area contributed by atoms with Crippen molar-refractivity contribution in [3.8, 4) is 0 Å². The molecule has 2 aliphatic rings. The number of hydrogen-bond donors (Lipinski definition) is 1. The summed E-state index contributed by atoms with van der Waals surface area (Å²) in [5, 5.41) is 9.24. The van der Waals surface area contributed by atoms with Crippen molar-refractivity contribution in [3.63, 3.8) is 0 Å². The normalized spacial score (nSPS) is 26.1. The molecule has 0 aromatic heterocycles. The van der Waals surface area contributed by atoms with Crippen LogP contribution in [0.1, 0.15) is 46.0 Å². The second kappa shape index (κ2) is 4.00. The highest BCUT2D eigenvalue weighted by molar-refractivity contribution is 6.02. The quantitative estimate of drug-likeness (QED) is 0.749. The molecule has 0 spiro atoms. The van der Waals surface area contributed by atoms with Gasteiger partial charge in [0.1, 0.15) is 5.41 Å². The monoisotopic (exact) mass is 239 g/mol. The van der Waals surface area contributed by atoms with E-state index < -0.39 is 11.4 Å². The molecule has 1 amide bonds. The van der Waals surface area contributed by atoms with Crippen LogP contribution in [-0.4, -0.2) is 35.0 Å². The molecule has 1 saturated heterocycles. The summed E-state index contributed by atoms with van der Waals surface area (Å²) in [7, 11) is 0. The Morgan fingerprint density at radius 2 is 1.59 bits per heavy atom. The fourth-order valence-corrected chi connectivity index (χ4v) is 2.67. The first-order valence-electron chi connectivity index (χ1n) is 6.40. The van der Waals surface area contributed by atoms with Gasteiger partial charge in [-0.05, 0) is 31.1 Å². The molecular formula is C13H21NO3. The van der Waals surface area contributed by atoms with Gasteiger partial charge >= 0.3 is 5.97 Å². The molecule has 1 aliphatic carbocycles. The molecule has 17 heavy (non-hydrogen) atoms. The molecule has 96 valence electrons. The van der Waals surface area contributed by atoms with Crippen LogP contribution < -0.4 is 0 Å². The van der Waals surface area contributed by atoms with Crippen LogP contribution in [0.25, 0.3) is 0 Å². The van der Waals surface area contributed by atoms with E-state index in [2.05, 4.69) is 13.8 Å². The fraction of sp³-hybridized carbons (Fsp3) is 0.846. The van der Waals surface area contributed by atoms with Gasteiger partial charge in [-0.3, -0.25) is 9.59 Å². The van der Waals surface area contributed by atoms with Gasteiger partial charge < -0.3 is 10.0 Å². The summed E-state index contributed by atoms with van der Waals surface area (Å²) < 4.78 is 0. The highest BCUT2D eigenvalue weighted by atomic mass is 16.4. The van der Waals surface area contributed by atoms with Crippen LogP contribution in [0.4, 0.5) is 0 Å². The number of carbonyl (C=O) groups excluding carboxylic acids is 1. The zero-order valence-corrected chi connectivity index (χ0v) is 10.7. The number of carboxylic acid groups (broad SMARTS) is 1. The van der Waals surface area contributed by atoms with Crippen LogP contribution in [-0.2, 0) is 9.59 Å². The van der Waals surface area contributed by atoms with Crippen LogP contribution in [0.15, 0.2) is 0 Å². The van der Waals surface area contributed by atoms with Gasteiger partial charge in [-0.1, -0.05) is 20.3 Å². The predicted octanol–water partition coefficient (Wildman–Crippen LogP) is 1.89. The topological polar surface area (TPSA) is 57.6 Å². The lowest BCUT2D eigenvalue weighted by atomic mass is 9.67. The van der Waals surface area contributed by atoms with Gasteiger partial charge in [0, 0.05) is 13.1 Å². The molecule has 1 heterocycles. The third kappa shape index (κ3) is 2.05. The van der Waals surface area contributed by atoms with Crippen LogP contribution in [0, 0.1) is 10.8 Å². The first kappa shape index (κ1) is 12.4. The molecule has 1 aliphatic heterocycles. The zero-order chi connectivity index (χ0) is 12.7. The third-order valence-electron chi connectivity index (χ3n) is 4.43. The van der Waals surface area contributed by atoms with E-state index in [4.69, 9.17) is 0 Å². The van der Waals surface area contributed by atoms with Crippen molar-refractivity contribution >= 4 is 11.9 Å². The Morgan fingerprint density at radius 3 is 1.94 bits per heavy atom. The summed E-state index contributed by atoms with van der Waals surface area (Å²) in [5.41, 5.74) is -0.797. The zero-order valence-electron chi connectivity index (χ0n) is 10.7. The van der Waals surface area contributed by atoms with E-state index in [1.807, 2.05) is 0 Å². The molecule has 4 nitrogen and oxygen atoms in total. The van der Waals surface area contributed by atoms with Gasteiger partial charge in [0.25, 0.3) is 0 Å². The Labute approximate surface area is 102 Å². The maximum Gasteiger partial charge on any atom is 0.319 e. The van der Waals surface area contributed by atoms with Crippen molar-refractivity contribution in [1.29, 1.82) is 0 Å². The smallest absolute Gasteiger partial charge is 0.319 e. The Kier molecular flexibility index (Phi) is 2.92. The summed E-state index contributed by atoms with van der Waals surface area (Å²) in [5.74, 6) is -1.08. The number of amides is 1. The molecule has 2 fully saturated rings. The van der Waals surface area contributed by atoms with E-state index in [-0.39, 0.29) is 11.3 Å². The summed E-state index contributed by atoms with van der Waals surface area (Å²) in [6.07, 6.45) is 3.82. The lowest BCUT2D eigenvalue weighted by Gasteiger charge is -2.44. The Hall–Kier alpha value is -1.06. The number of hydrogen-bond acceptors (Lipinski definition) is 2. The number of piperidine rings is 1. The van der Waals surface area contributed by atoms with Crippen molar-refractivity contribution in [3.05, 3.63) is 0 Å². The van der Waals surface area contributed by atoms with Crippen LogP contribution in [0.5, 0.6) is 0 Å². The predicted molar refractivity (Wildman–Crippen MR) is 63.5 cm³/mol.